The minimum atomic E-state index is -3.63. The number of carbonyl (C=O) groups excluding carboxylic acids is 1. The van der Waals surface area contributed by atoms with E-state index in [0.29, 0.717) is 38.6 Å². The first-order chi connectivity index (χ1) is 12.3. The number of likely N-dealkylation sites (N-methyl/N-ethyl adjacent to an activating group) is 1. The molecule has 1 amide bonds. The molecule has 1 aromatic rings. The third kappa shape index (κ3) is 4.78. The molecule has 1 heterocycles. The number of halogens is 2. The minimum absolute atomic E-state index is 0.101. The van der Waals surface area contributed by atoms with E-state index in [2.05, 4.69) is 15.9 Å². The maximum absolute atomic E-state index is 12.8. The molecule has 0 N–H and O–H groups in total. The number of hydrogen-bond acceptors (Lipinski definition) is 4. The van der Waals surface area contributed by atoms with Crippen LogP contribution in [0, 0.1) is 5.92 Å². The van der Waals surface area contributed by atoms with Gasteiger partial charge in [0.2, 0.25) is 15.9 Å². The second-order valence-corrected chi connectivity index (χ2v) is 10.2. The molecule has 9 heteroatoms. The zero-order valence-corrected chi connectivity index (χ0v) is 17.9. The van der Waals surface area contributed by atoms with Gasteiger partial charge in [0, 0.05) is 44.2 Å². The maximum Gasteiger partial charge on any atom is 0.244 e. The number of nitrogens with zero attached hydrogens (tertiary/aromatic N) is 3. The summed E-state index contributed by atoms with van der Waals surface area (Å²) in [6, 6.07) is 4.77. The SMILES string of the molecule is CN(CC1CC1)C(=O)CN1CCN(S(=O)(=O)c2ccc(Br)cc2Cl)CC1. The van der Waals surface area contributed by atoms with Crippen LogP contribution in [-0.2, 0) is 14.8 Å². The van der Waals surface area contributed by atoms with Crippen LogP contribution in [0.3, 0.4) is 0 Å². The quantitative estimate of drug-likeness (QED) is 0.648. The van der Waals surface area contributed by atoms with E-state index >= 15 is 0 Å². The van der Waals surface area contributed by atoms with Gasteiger partial charge in [0.15, 0.2) is 0 Å². The van der Waals surface area contributed by atoms with Crippen molar-refractivity contribution in [3.05, 3.63) is 27.7 Å². The van der Waals surface area contributed by atoms with E-state index in [9.17, 15) is 13.2 Å². The molecule has 1 saturated heterocycles. The van der Waals surface area contributed by atoms with E-state index in [-0.39, 0.29) is 15.8 Å². The summed E-state index contributed by atoms with van der Waals surface area (Å²) in [5.41, 5.74) is 0. The minimum Gasteiger partial charge on any atom is -0.344 e. The molecule has 0 spiro atoms. The molecule has 2 aliphatic rings. The normalized spacial score (nSPS) is 19.5. The fourth-order valence-electron chi connectivity index (χ4n) is 3.05. The maximum atomic E-state index is 12.8. The molecule has 0 atom stereocenters. The fourth-order valence-corrected chi connectivity index (χ4v) is 5.49. The van der Waals surface area contributed by atoms with E-state index in [1.165, 1.54) is 23.2 Å². The van der Waals surface area contributed by atoms with Crippen molar-refractivity contribution in [1.82, 2.24) is 14.1 Å². The Bertz CT molecular complexity index is 777. The number of rotatable bonds is 6. The van der Waals surface area contributed by atoms with Crippen LogP contribution >= 0.6 is 27.5 Å². The molecule has 0 bridgehead atoms. The average molecular weight is 465 g/mol. The Morgan fingerprint density at radius 1 is 1.27 bits per heavy atom. The number of carbonyl (C=O) groups is 1. The van der Waals surface area contributed by atoms with Crippen LogP contribution in [0.25, 0.3) is 0 Å². The van der Waals surface area contributed by atoms with Crippen molar-refractivity contribution in [2.75, 3.05) is 46.3 Å². The molecule has 6 nitrogen and oxygen atoms in total. The lowest BCUT2D eigenvalue weighted by atomic mass is 10.3. The summed E-state index contributed by atoms with van der Waals surface area (Å²) in [7, 11) is -1.78. The molecular weight excluding hydrogens is 442 g/mol. The van der Waals surface area contributed by atoms with Gasteiger partial charge in [0.05, 0.1) is 11.6 Å². The summed E-state index contributed by atoms with van der Waals surface area (Å²) in [5, 5.41) is 0.207. The summed E-state index contributed by atoms with van der Waals surface area (Å²) < 4.78 is 27.8. The highest BCUT2D eigenvalue weighted by Gasteiger charge is 2.31. The van der Waals surface area contributed by atoms with Gasteiger partial charge in [-0.05, 0) is 37.0 Å². The van der Waals surface area contributed by atoms with Crippen molar-refractivity contribution in [1.29, 1.82) is 0 Å². The molecule has 1 saturated carbocycles. The molecule has 144 valence electrons. The van der Waals surface area contributed by atoms with E-state index in [1.807, 2.05) is 11.9 Å². The van der Waals surface area contributed by atoms with E-state index < -0.39 is 10.0 Å². The summed E-state index contributed by atoms with van der Waals surface area (Å²) in [6.45, 7) is 2.96. The number of amides is 1. The average Bonchev–Trinajstić information content (AvgIpc) is 3.39. The lowest BCUT2D eigenvalue weighted by Crippen LogP contribution is -2.51. The molecule has 3 rings (SSSR count). The predicted octanol–water partition coefficient (Wildman–Crippen LogP) is 2.28. The summed E-state index contributed by atoms with van der Waals surface area (Å²) >= 11 is 9.40. The molecule has 0 radical (unpaired) electrons. The van der Waals surface area contributed by atoms with E-state index in [0.717, 1.165) is 11.0 Å². The Morgan fingerprint density at radius 2 is 1.92 bits per heavy atom. The Balaban J connectivity index is 1.56. The molecule has 2 fully saturated rings. The van der Waals surface area contributed by atoms with Crippen molar-refractivity contribution in [2.45, 2.75) is 17.7 Å². The van der Waals surface area contributed by atoms with Crippen LogP contribution < -0.4 is 0 Å². The van der Waals surface area contributed by atoms with Gasteiger partial charge in [-0.15, -0.1) is 0 Å². The highest BCUT2D eigenvalue weighted by molar-refractivity contribution is 9.10. The predicted molar refractivity (Wildman–Crippen MR) is 105 cm³/mol. The van der Waals surface area contributed by atoms with E-state index in [1.54, 1.807) is 17.0 Å². The van der Waals surface area contributed by atoms with Crippen LogP contribution in [0.1, 0.15) is 12.8 Å². The largest absolute Gasteiger partial charge is 0.344 e. The van der Waals surface area contributed by atoms with Crippen molar-refractivity contribution >= 4 is 43.5 Å². The van der Waals surface area contributed by atoms with Gasteiger partial charge >= 0.3 is 0 Å². The van der Waals surface area contributed by atoms with Gasteiger partial charge in [0.1, 0.15) is 4.90 Å². The summed E-state index contributed by atoms with van der Waals surface area (Å²) in [4.78, 5) is 16.2. The number of piperazine rings is 1. The standard InChI is InChI=1S/C17H23BrClN3O3S/c1-20(11-13-2-3-13)17(23)12-21-6-8-22(9-7-21)26(24,25)16-5-4-14(18)10-15(16)19/h4-5,10,13H,2-3,6-9,11-12H2,1H3. The third-order valence-corrected chi connectivity index (χ3v) is 7.73. The first-order valence-electron chi connectivity index (χ1n) is 8.69. The number of hydrogen-bond donors (Lipinski definition) is 0. The molecule has 0 unspecified atom stereocenters. The van der Waals surface area contributed by atoms with Crippen LogP contribution in [0.2, 0.25) is 5.02 Å². The van der Waals surface area contributed by atoms with Crippen molar-refractivity contribution in [2.24, 2.45) is 5.92 Å². The smallest absolute Gasteiger partial charge is 0.244 e. The van der Waals surface area contributed by atoms with Crippen LogP contribution in [0.5, 0.6) is 0 Å². The lowest BCUT2D eigenvalue weighted by Gasteiger charge is -2.34. The van der Waals surface area contributed by atoms with Crippen molar-refractivity contribution < 1.29 is 13.2 Å². The molecule has 0 aromatic heterocycles. The molecule has 26 heavy (non-hydrogen) atoms. The van der Waals surface area contributed by atoms with Crippen LogP contribution in [-0.4, -0.2) is 74.7 Å². The molecule has 1 aliphatic carbocycles. The van der Waals surface area contributed by atoms with Gasteiger partial charge < -0.3 is 4.90 Å². The van der Waals surface area contributed by atoms with Gasteiger partial charge in [-0.3, -0.25) is 9.69 Å². The zero-order valence-electron chi connectivity index (χ0n) is 14.7. The Kier molecular flexibility index (Phi) is 6.29. The second-order valence-electron chi connectivity index (χ2n) is 6.97. The second kappa shape index (κ2) is 8.14. The Morgan fingerprint density at radius 3 is 2.50 bits per heavy atom. The Labute approximate surface area is 168 Å². The first-order valence-corrected chi connectivity index (χ1v) is 11.3. The zero-order chi connectivity index (χ0) is 18.9. The fraction of sp³-hybridized carbons (Fsp3) is 0.588. The monoisotopic (exact) mass is 463 g/mol. The van der Waals surface area contributed by atoms with E-state index in [4.69, 9.17) is 11.6 Å². The van der Waals surface area contributed by atoms with Crippen molar-refractivity contribution in [3.8, 4) is 0 Å². The summed E-state index contributed by atoms with van der Waals surface area (Å²) in [6.07, 6.45) is 2.43. The topological polar surface area (TPSA) is 60.9 Å². The summed E-state index contributed by atoms with van der Waals surface area (Å²) in [5.74, 6) is 0.769. The number of benzene rings is 1. The molecule has 1 aromatic carbocycles. The highest BCUT2D eigenvalue weighted by atomic mass is 79.9. The Hall–Kier alpha value is -0.670. The van der Waals surface area contributed by atoms with Crippen molar-refractivity contribution in [3.63, 3.8) is 0 Å². The lowest BCUT2D eigenvalue weighted by molar-refractivity contribution is -0.131. The highest BCUT2D eigenvalue weighted by Crippen LogP contribution is 2.30. The van der Waals surface area contributed by atoms with Crippen LogP contribution in [0.15, 0.2) is 27.6 Å². The van der Waals surface area contributed by atoms with Crippen LogP contribution in [0.4, 0.5) is 0 Å². The van der Waals surface area contributed by atoms with Gasteiger partial charge in [0.25, 0.3) is 0 Å². The molecule has 1 aliphatic heterocycles. The first kappa shape index (κ1) is 20.1. The van der Waals surface area contributed by atoms with Gasteiger partial charge in [-0.1, -0.05) is 27.5 Å². The van der Waals surface area contributed by atoms with Gasteiger partial charge in [-0.2, -0.15) is 4.31 Å². The number of sulfonamides is 1. The molecular formula is C17H23BrClN3O3S. The van der Waals surface area contributed by atoms with Gasteiger partial charge in [-0.25, -0.2) is 8.42 Å². The third-order valence-electron chi connectivity index (χ3n) is 4.86.